The molecule has 0 heterocycles. The van der Waals surface area contributed by atoms with Crippen LogP contribution in [0, 0.1) is 11.8 Å². The molecule has 1 unspecified atom stereocenters. The molecule has 0 saturated heterocycles. The zero-order chi connectivity index (χ0) is 17.5. The molecule has 0 radical (unpaired) electrons. The van der Waals surface area contributed by atoms with E-state index in [1.165, 1.54) is 0 Å². The molecule has 1 aromatic rings. The first-order chi connectivity index (χ1) is 10.6. The van der Waals surface area contributed by atoms with Gasteiger partial charge in [-0.25, -0.2) is 0 Å². The minimum Gasteiger partial charge on any atom is -0.401 e. The van der Waals surface area contributed by atoms with Crippen LogP contribution in [-0.2, 0) is 15.8 Å². The van der Waals surface area contributed by atoms with Gasteiger partial charge in [-0.2, -0.15) is 8.78 Å². The molecule has 0 aromatic heterocycles. The summed E-state index contributed by atoms with van der Waals surface area (Å²) < 4.78 is 36.5. The topological polar surface area (TPSA) is 18.5 Å². The number of benzene rings is 1. The molecule has 0 bridgehead atoms. The summed E-state index contributed by atoms with van der Waals surface area (Å²) in [7, 11) is -2.10. The van der Waals surface area contributed by atoms with Crippen LogP contribution < -0.4 is 0 Å². The smallest absolute Gasteiger partial charge is 0.298 e. The van der Waals surface area contributed by atoms with E-state index in [2.05, 4.69) is 39.8 Å². The molecule has 128 valence electrons. The van der Waals surface area contributed by atoms with E-state index < -0.39 is 20.8 Å². The Morgan fingerprint density at radius 1 is 1.09 bits per heavy atom. The minimum absolute atomic E-state index is 0.0167. The van der Waals surface area contributed by atoms with Crippen molar-refractivity contribution in [1.29, 1.82) is 0 Å². The van der Waals surface area contributed by atoms with Gasteiger partial charge in [0.05, 0.1) is 13.2 Å². The summed E-state index contributed by atoms with van der Waals surface area (Å²) in [6.45, 7) is 11.0. The van der Waals surface area contributed by atoms with Crippen molar-refractivity contribution in [2.45, 2.75) is 58.0 Å². The summed E-state index contributed by atoms with van der Waals surface area (Å²) in [5, 5.41) is -0.0167. The summed E-state index contributed by atoms with van der Waals surface area (Å²) in [6, 6.07) is 9.70. The maximum atomic E-state index is 12.4. The van der Waals surface area contributed by atoms with Gasteiger partial charge in [-0.05, 0) is 29.6 Å². The van der Waals surface area contributed by atoms with Crippen LogP contribution in [0.3, 0.4) is 0 Å². The average Bonchev–Trinajstić information content (AvgIpc) is 2.44. The Hall–Kier alpha value is -1.22. The lowest BCUT2D eigenvalue weighted by Crippen LogP contribution is -2.44. The molecule has 0 spiro atoms. The van der Waals surface area contributed by atoms with E-state index in [0.717, 1.165) is 5.56 Å². The molecule has 0 saturated carbocycles. The number of ether oxygens (including phenoxy) is 1. The second-order valence-corrected chi connectivity index (χ2v) is 11.7. The fraction of sp³-hybridized carbons (Fsp3) is 0.556. The number of halogens is 2. The number of alkyl halides is 2. The van der Waals surface area contributed by atoms with Gasteiger partial charge in [0.2, 0.25) is 0 Å². The summed E-state index contributed by atoms with van der Waals surface area (Å²) in [4.78, 5) is 0. The molecule has 0 aliphatic carbocycles. The van der Waals surface area contributed by atoms with Gasteiger partial charge in [-0.15, -0.1) is 0 Å². The predicted molar refractivity (Wildman–Crippen MR) is 91.9 cm³/mol. The van der Waals surface area contributed by atoms with Gasteiger partial charge in [-0.3, -0.25) is 0 Å². The van der Waals surface area contributed by atoms with Gasteiger partial charge in [0.25, 0.3) is 6.43 Å². The van der Waals surface area contributed by atoms with Crippen molar-refractivity contribution in [2.24, 2.45) is 0 Å². The fourth-order valence-corrected chi connectivity index (χ4v) is 2.84. The van der Waals surface area contributed by atoms with Crippen molar-refractivity contribution in [3.63, 3.8) is 0 Å². The highest BCUT2D eigenvalue weighted by atomic mass is 28.4. The third-order valence-electron chi connectivity index (χ3n) is 3.98. The zero-order valence-electron chi connectivity index (χ0n) is 14.5. The van der Waals surface area contributed by atoms with Gasteiger partial charge in [0.15, 0.2) is 8.32 Å². The SMILES string of the molecule is CC(C)(C)[Si](C)(C)OC(C#CC(F)F)COCc1ccccc1. The lowest BCUT2D eigenvalue weighted by atomic mass is 10.2. The first-order valence-electron chi connectivity index (χ1n) is 7.70. The third-order valence-corrected chi connectivity index (χ3v) is 8.46. The molecule has 0 N–H and O–H groups in total. The molecule has 5 heteroatoms. The molecule has 23 heavy (non-hydrogen) atoms. The van der Waals surface area contributed by atoms with Crippen molar-refractivity contribution >= 4 is 8.32 Å². The van der Waals surface area contributed by atoms with Gasteiger partial charge < -0.3 is 9.16 Å². The second kappa shape index (κ2) is 8.58. The Bertz CT molecular complexity index is 527. The van der Waals surface area contributed by atoms with E-state index in [0.29, 0.717) is 6.61 Å². The Morgan fingerprint density at radius 2 is 1.70 bits per heavy atom. The van der Waals surface area contributed by atoms with Crippen molar-refractivity contribution in [3.05, 3.63) is 35.9 Å². The van der Waals surface area contributed by atoms with E-state index in [1.54, 1.807) is 0 Å². The van der Waals surface area contributed by atoms with Crippen LogP contribution >= 0.6 is 0 Å². The summed E-state index contributed by atoms with van der Waals surface area (Å²) in [5.41, 5.74) is 1.03. The van der Waals surface area contributed by atoms with Gasteiger partial charge >= 0.3 is 0 Å². The molecule has 0 fully saturated rings. The average molecular weight is 340 g/mol. The maximum absolute atomic E-state index is 12.4. The zero-order valence-corrected chi connectivity index (χ0v) is 15.5. The molecular formula is C18H26F2O2Si. The van der Waals surface area contributed by atoms with Crippen molar-refractivity contribution in [3.8, 4) is 11.8 Å². The normalized spacial score (nSPS) is 13.6. The Morgan fingerprint density at radius 3 is 2.22 bits per heavy atom. The largest absolute Gasteiger partial charge is 0.401 e. The highest BCUT2D eigenvalue weighted by molar-refractivity contribution is 6.74. The molecule has 0 aliphatic heterocycles. The molecule has 0 amide bonds. The Labute approximate surface area is 139 Å². The van der Waals surface area contributed by atoms with Crippen LogP contribution in [0.1, 0.15) is 26.3 Å². The van der Waals surface area contributed by atoms with Crippen molar-refractivity contribution in [1.82, 2.24) is 0 Å². The first-order valence-corrected chi connectivity index (χ1v) is 10.6. The lowest BCUT2D eigenvalue weighted by molar-refractivity contribution is 0.0586. The molecule has 1 rings (SSSR count). The highest BCUT2D eigenvalue weighted by Crippen LogP contribution is 2.37. The van der Waals surface area contributed by atoms with Crippen LogP contribution in [-0.4, -0.2) is 27.5 Å². The highest BCUT2D eigenvalue weighted by Gasteiger charge is 2.39. The summed E-state index contributed by atoms with van der Waals surface area (Å²) >= 11 is 0. The fourth-order valence-electron chi connectivity index (χ4n) is 1.65. The quantitative estimate of drug-likeness (QED) is 0.544. The van der Waals surface area contributed by atoms with E-state index in [1.807, 2.05) is 36.3 Å². The van der Waals surface area contributed by atoms with Crippen molar-refractivity contribution < 1.29 is 17.9 Å². The predicted octanol–water partition coefficient (Wildman–Crippen LogP) is 4.86. The Kier molecular flexibility index (Phi) is 7.39. The number of hydrogen-bond acceptors (Lipinski definition) is 2. The third kappa shape index (κ3) is 7.25. The molecule has 0 aliphatic rings. The molecule has 1 aromatic carbocycles. The molecule has 2 nitrogen and oxygen atoms in total. The van der Waals surface area contributed by atoms with Gasteiger partial charge in [-0.1, -0.05) is 57.0 Å². The molecular weight excluding hydrogens is 314 g/mol. The van der Waals surface area contributed by atoms with Crippen LogP contribution in [0.25, 0.3) is 0 Å². The van der Waals surface area contributed by atoms with E-state index in [-0.39, 0.29) is 11.6 Å². The number of rotatable bonds is 6. The lowest BCUT2D eigenvalue weighted by Gasteiger charge is -2.38. The van der Waals surface area contributed by atoms with Crippen LogP contribution in [0.4, 0.5) is 8.78 Å². The summed E-state index contributed by atoms with van der Waals surface area (Å²) in [6.07, 6.45) is -3.29. The van der Waals surface area contributed by atoms with E-state index >= 15 is 0 Å². The minimum atomic E-state index is -2.66. The maximum Gasteiger partial charge on any atom is 0.298 e. The first kappa shape index (κ1) is 19.8. The Balaban J connectivity index is 2.68. The molecule has 1 atom stereocenters. The second-order valence-electron chi connectivity index (χ2n) is 6.96. The van der Waals surface area contributed by atoms with Crippen LogP contribution in [0.2, 0.25) is 18.1 Å². The van der Waals surface area contributed by atoms with Gasteiger partial charge in [0.1, 0.15) is 6.10 Å². The standard InChI is InChI=1S/C18H26F2O2Si/c1-18(2,3)23(4,5)22-16(11-12-17(19)20)14-21-13-15-9-7-6-8-10-15/h6-10,16-17H,13-14H2,1-5H3. The number of hydrogen-bond donors (Lipinski definition) is 0. The van der Waals surface area contributed by atoms with E-state index in [4.69, 9.17) is 9.16 Å². The monoisotopic (exact) mass is 340 g/mol. The van der Waals surface area contributed by atoms with Gasteiger partial charge in [0, 0.05) is 0 Å². The van der Waals surface area contributed by atoms with Crippen molar-refractivity contribution in [2.75, 3.05) is 6.61 Å². The van der Waals surface area contributed by atoms with Crippen LogP contribution in [0.15, 0.2) is 30.3 Å². The van der Waals surface area contributed by atoms with Crippen LogP contribution in [0.5, 0.6) is 0 Å². The summed E-state index contributed by atoms with van der Waals surface area (Å²) in [5.74, 6) is 4.42. The van der Waals surface area contributed by atoms with E-state index in [9.17, 15) is 8.78 Å².